The molecule has 1 aliphatic rings. The number of ether oxygens (including phenoxy) is 1. The summed E-state index contributed by atoms with van der Waals surface area (Å²) in [5, 5.41) is 0. The van der Waals surface area contributed by atoms with E-state index in [1.807, 2.05) is 54.6 Å². The van der Waals surface area contributed by atoms with Crippen LogP contribution < -0.4 is 10.6 Å². The summed E-state index contributed by atoms with van der Waals surface area (Å²) in [6.07, 6.45) is 0.688. The normalized spacial score (nSPS) is 16.0. The number of hydrogen-bond donors (Lipinski definition) is 1. The standard InChI is InChI=1S/C19H20N2O3/c20-19(23)17-12-15-8-4-5-9-16(15)21(17)18(22)10-11-24-13-14-6-2-1-3-7-14/h1-9,17H,10-13H2,(H2,20,23)/t17-/m0/s1. The topological polar surface area (TPSA) is 72.6 Å². The number of anilines is 1. The molecule has 2 aromatic rings. The molecule has 0 aromatic heterocycles. The Morgan fingerprint density at radius 3 is 2.54 bits per heavy atom. The molecule has 1 heterocycles. The van der Waals surface area contributed by atoms with Crippen molar-refractivity contribution in [3.8, 4) is 0 Å². The Morgan fingerprint density at radius 2 is 1.79 bits per heavy atom. The SMILES string of the molecule is NC(=O)[C@@H]1Cc2ccccc2N1C(=O)CCOCc1ccccc1. The van der Waals surface area contributed by atoms with Gasteiger partial charge in [0.2, 0.25) is 11.8 Å². The summed E-state index contributed by atoms with van der Waals surface area (Å²) in [6, 6.07) is 16.7. The predicted octanol–water partition coefficient (Wildman–Crippen LogP) is 2.04. The molecule has 24 heavy (non-hydrogen) atoms. The Hall–Kier alpha value is -2.66. The van der Waals surface area contributed by atoms with Crippen LogP contribution in [0.4, 0.5) is 5.69 Å². The van der Waals surface area contributed by atoms with E-state index in [4.69, 9.17) is 10.5 Å². The molecule has 2 amide bonds. The lowest BCUT2D eigenvalue weighted by atomic mass is 10.1. The molecular formula is C19H20N2O3. The van der Waals surface area contributed by atoms with Crippen molar-refractivity contribution in [3.63, 3.8) is 0 Å². The Kier molecular flexibility index (Phi) is 4.91. The molecule has 0 fully saturated rings. The van der Waals surface area contributed by atoms with E-state index < -0.39 is 11.9 Å². The highest BCUT2D eigenvalue weighted by molar-refractivity contribution is 6.03. The number of nitrogens with zero attached hydrogens (tertiary/aromatic N) is 1. The van der Waals surface area contributed by atoms with E-state index in [1.165, 1.54) is 4.90 Å². The van der Waals surface area contributed by atoms with Gasteiger partial charge in [-0.1, -0.05) is 48.5 Å². The second-order valence-electron chi connectivity index (χ2n) is 5.80. The second kappa shape index (κ2) is 7.27. The average Bonchev–Trinajstić information content (AvgIpc) is 2.99. The van der Waals surface area contributed by atoms with Gasteiger partial charge in [-0.25, -0.2) is 0 Å². The molecule has 2 N–H and O–H groups in total. The molecule has 3 rings (SSSR count). The number of carbonyl (C=O) groups excluding carboxylic acids is 2. The molecular weight excluding hydrogens is 304 g/mol. The largest absolute Gasteiger partial charge is 0.376 e. The number of fused-ring (bicyclic) bond motifs is 1. The zero-order chi connectivity index (χ0) is 16.9. The lowest BCUT2D eigenvalue weighted by Crippen LogP contribution is -2.46. The van der Waals surface area contributed by atoms with Crippen LogP contribution in [-0.2, 0) is 27.4 Å². The van der Waals surface area contributed by atoms with Crippen LogP contribution in [0.1, 0.15) is 17.5 Å². The average molecular weight is 324 g/mol. The number of carbonyl (C=O) groups is 2. The van der Waals surface area contributed by atoms with Crippen molar-refractivity contribution in [2.75, 3.05) is 11.5 Å². The lowest BCUT2D eigenvalue weighted by Gasteiger charge is -2.23. The highest BCUT2D eigenvalue weighted by Gasteiger charge is 2.36. The number of hydrogen-bond acceptors (Lipinski definition) is 3. The van der Waals surface area contributed by atoms with Crippen LogP contribution in [-0.4, -0.2) is 24.5 Å². The summed E-state index contributed by atoms with van der Waals surface area (Å²) < 4.78 is 5.57. The second-order valence-corrected chi connectivity index (χ2v) is 5.80. The minimum Gasteiger partial charge on any atom is -0.376 e. The highest BCUT2D eigenvalue weighted by atomic mass is 16.5. The van der Waals surface area contributed by atoms with E-state index in [0.29, 0.717) is 19.6 Å². The van der Waals surface area contributed by atoms with Crippen molar-refractivity contribution >= 4 is 17.5 Å². The molecule has 124 valence electrons. The van der Waals surface area contributed by atoms with Crippen molar-refractivity contribution in [1.29, 1.82) is 0 Å². The van der Waals surface area contributed by atoms with Crippen LogP contribution in [0.15, 0.2) is 54.6 Å². The van der Waals surface area contributed by atoms with Gasteiger partial charge in [0.1, 0.15) is 6.04 Å². The van der Waals surface area contributed by atoms with Gasteiger partial charge >= 0.3 is 0 Å². The molecule has 2 aromatic carbocycles. The van der Waals surface area contributed by atoms with Crippen LogP contribution in [0, 0.1) is 0 Å². The van der Waals surface area contributed by atoms with Gasteiger partial charge in [0, 0.05) is 12.1 Å². The van der Waals surface area contributed by atoms with Gasteiger partial charge in [0.05, 0.1) is 19.6 Å². The number of amides is 2. The smallest absolute Gasteiger partial charge is 0.240 e. The third-order valence-corrected chi connectivity index (χ3v) is 4.15. The molecule has 1 aliphatic heterocycles. The van der Waals surface area contributed by atoms with Crippen LogP contribution in [0.2, 0.25) is 0 Å². The van der Waals surface area contributed by atoms with Crippen molar-refractivity contribution in [2.45, 2.75) is 25.5 Å². The summed E-state index contributed by atoms with van der Waals surface area (Å²) in [5.41, 5.74) is 8.28. The summed E-state index contributed by atoms with van der Waals surface area (Å²) in [4.78, 5) is 25.8. The van der Waals surface area contributed by atoms with E-state index in [2.05, 4.69) is 0 Å². The fourth-order valence-electron chi connectivity index (χ4n) is 2.97. The molecule has 5 nitrogen and oxygen atoms in total. The zero-order valence-corrected chi connectivity index (χ0v) is 13.4. The molecule has 0 aliphatic carbocycles. The van der Waals surface area contributed by atoms with Gasteiger partial charge in [-0.15, -0.1) is 0 Å². The Labute approximate surface area is 141 Å². The van der Waals surface area contributed by atoms with Crippen molar-refractivity contribution in [2.24, 2.45) is 5.73 Å². The van der Waals surface area contributed by atoms with E-state index in [0.717, 1.165) is 16.8 Å². The third kappa shape index (κ3) is 3.46. The van der Waals surface area contributed by atoms with E-state index in [-0.39, 0.29) is 12.3 Å². The van der Waals surface area contributed by atoms with Crippen LogP contribution in [0.25, 0.3) is 0 Å². The summed E-state index contributed by atoms with van der Waals surface area (Å²) in [7, 11) is 0. The van der Waals surface area contributed by atoms with Gasteiger partial charge in [-0.2, -0.15) is 0 Å². The fraction of sp³-hybridized carbons (Fsp3) is 0.263. The van der Waals surface area contributed by atoms with Gasteiger partial charge in [0.25, 0.3) is 0 Å². The fourth-order valence-corrected chi connectivity index (χ4v) is 2.97. The van der Waals surface area contributed by atoms with Gasteiger partial charge in [-0.05, 0) is 17.2 Å². The van der Waals surface area contributed by atoms with Crippen LogP contribution in [0.3, 0.4) is 0 Å². The molecule has 0 spiro atoms. The molecule has 1 atom stereocenters. The van der Waals surface area contributed by atoms with E-state index >= 15 is 0 Å². The summed E-state index contributed by atoms with van der Waals surface area (Å²) in [6.45, 7) is 0.766. The molecule has 0 bridgehead atoms. The van der Waals surface area contributed by atoms with Gasteiger partial charge in [-0.3, -0.25) is 14.5 Å². The lowest BCUT2D eigenvalue weighted by molar-refractivity contribution is -0.125. The number of benzene rings is 2. The van der Waals surface area contributed by atoms with Crippen molar-refractivity contribution in [3.05, 3.63) is 65.7 Å². The molecule has 0 unspecified atom stereocenters. The van der Waals surface area contributed by atoms with Crippen molar-refractivity contribution < 1.29 is 14.3 Å². The number of primary amides is 1. The first kappa shape index (κ1) is 16.2. The minimum absolute atomic E-state index is 0.142. The maximum atomic E-state index is 12.6. The van der Waals surface area contributed by atoms with Crippen molar-refractivity contribution in [1.82, 2.24) is 0 Å². The monoisotopic (exact) mass is 324 g/mol. The van der Waals surface area contributed by atoms with E-state index in [9.17, 15) is 9.59 Å². The predicted molar refractivity (Wildman–Crippen MR) is 91.3 cm³/mol. The maximum absolute atomic E-state index is 12.6. The van der Waals surface area contributed by atoms with Crippen LogP contribution >= 0.6 is 0 Å². The first-order chi connectivity index (χ1) is 11.7. The molecule has 0 saturated heterocycles. The number of nitrogens with two attached hydrogens (primary N) is 1. The molecule has 5 heteroatoms. The first-order valence-electron chi connectivity index (χ1n) is 7.98. The third-order valence-electron chi connectivity index (χ3n) is 4.15. The number of rotatable bonds is 6. The molecule has 0 saturated carbocycles. The highest BCUT2D eigenvalue weighted by Crippen LogP contribution is 2.32. The quantitative estimate of drug-likeness (QED) is 0.827. The van der Waals surface area contributed by atoms with E-state index in [1.54, 1.807) is 0 Å². The summed E-state index contributed by atoms with van der Waals surface area (Å²) >= 11 is 0. The Balaban J connectivity index is 1.60. The van der Waals surface area contributed by atoms with Gasteiger partial charge in [0.15, 0.2) is 0 Å². The first-order valence-corrected chi connectivity index (χ1v) is 7.98. The van der Waals surface area contributed by atoms with Crippen LogP contribution in [0.5, 0.6) is 0 Å². The zero-order valence-electron chi connectivity index (χ0n) is 13.4. The molecule has 0 radical (unpaired) electrons. The Bertz CT molecular complexity index is 730. The maximum Gasteiger partial charge on any atom is 0.240 e. The Morgan fingerprint density at radius 1 is 1.08 bits per heavy atom. The minimum atomic E-state index is -0.607. The number of para-hydroxylation sites is 1. The summed E-state index contributed by atoms with van der Waals surface area (Å²) in [5.74, 6) is -0.624. The van der Waals surface area contributed by atoms with Gasteiger partial charge < -0.3 is 10.5 Å².